The number of methoxy groups -OCH3 is 1. The van der Waals surface area contributed by atoms with E-state index in [9.17, 15) is 9.59 Å². The zero-order valence-electron chi connectivity index (χ0n) is 17.0. The van der Waals surface area contributed by atoms with E-state index >= 15 is 0 Å². The molecule has 3 aromatic rings. The van der Waals surface area contributed by atoms with Crippen LogP contribution >= 0.6 is 35.0 Å². The van der Waals surface area contributed by atoms with Gasteiger partial charge in [0, 0.05) is 23.7 Å². The largest absolute Gasteiger partial charge is 0.465 e. The van der Waals surface area contributed by atoms with E-state index in [0.717, 1.165) is 0 Å². The van der Waals surface area contributed by atoms with Gasteiger partial charge in [0.25, 0.3) is 5.91 Å². The van der Waals surface area contributed by atoms with Crippen LogP contribution in [0.15, 0.2) is 68.9 Å². The zero-order chi connectivity index (χ0) is 22.8. The highest BCUT2D eigenvalue weighted by molar-refractivity contribution is 8.18. The summed E-state index contributed by atoms with van der Waals surface area (Å²) in [5.74, 6) is 0.470. The molecule has 4 rings (SSSR count). The van der Waals surface area contributed by atoms with E-state index in [4.69, 9.17) is 32.4 Å². The number of carbonyl (C=O) groups excluding carboxylic acids is 2. The number of hydrogen-bond acceptors (Lipinski definition) is 6. The van der Waals surface area contributed by atoms with Gasteiger partial charge in [0.1, 0.15) is 11.5 Å². The molecule has 32 heavy (non-hydrogen) atoms. The van der Waals surface area contributed by atoms with Gasteiger partial charge in [0.2, 0.25) is 0 Å². The molecular weight excluding hydrogens is 471 g/mol. The van der Waals surface area contributed by atoms with Gasteiger partial charge in [0.05, 0.1) is 28.3 Å². The van der Waals surface area contributed by atoms with Gasteiger partial charge in [-0.25, -0.2) is 9.79 Å². The first-order valence-corrected chi connectivity index (χ1v) is 10.9. The van der Waals surface area contributed by atoms with Gasteiger partial charge in [-0.05, 0) is 66.4 Å². The maximum Gasteiger partial charge on any atom is 0.337 e. The number of rotatable bonds is 4. The van der Waals surface area contributed by atoms with Gasteiger partial charge in [-0.1, -0.05) is 23.2 Å². The molecule has 0 atom stereocenters. The van der Waals surface area contributed by atoms with Gasteiger partial charge in [-0.15, -0.1) is 0 Å². The SMILES string of the molecule is COC(=O)c1ccc(N=C2S/C(=C/c3ccc(-c4ccc(Cl)cc4Cl)o3)C(=O)N2C)cc1. The molecule has 1 aliphatic rings. The fourth-order valence-electron chi connectivity index (χ4n) is 2.95. The van der Waals surface area contributed by atoms with E-state index in [1.807, 2.05) is 0 Å². The summed E-state index contributed by atoms with van der Waals surface area (Å²) < 4.78 is 10.6. The Morgan fingerprint density at radius 2 is 1.88 bits per heavy atom. The number of nitrogens with zero attached hydrogens (tertiary/aromatic N) is 2. The average Bonchev–Trinajstić information content (AvgIpc) is 3.34. The molecule has 6 nitrogen and oxygen atoms in total. The number of hydrogen-bond donors (Lipinski definition) is 0. The fraction of sp³-hybridized carbons (Fsp3) is 0.0870. The Bertz CT molecular complexity index is 1270. The number of halogens is 2. The zero-order valence-corrected chi connectivity index (χ0v) is 19.3. The van der Waals surface area contributed by atoms with Crippen LogP contribution in [0.3, 0.4) is 0 Å². The molecule has 1 aromatic heterocycles. The Morgan fingerprint density at radius 3 is 2.56 bits per heavy atom. The third-order valence-corrected chi connectivity index (χ3v) is 6.22. The second-order valence-electron chi connectivity index (χ2n) is 6.73. The summed E-state index contributed by atoms with van der Waals surface area (Å²) in [5.41, 5.74) is 1.74. The van der Waals surface area contributed by atoms with Crippen LogP contribution in [0.2, 0.25) is 10.0 Å². The van der Waals surface area contributed by atoms with Gasteiger partial charge < -0.3 is 9.15 Å². The monoisotopic (exact) mass is 486 g/mol. The molecule has 9 heteroatoms. The number of amidine groups is 1. The Morgan fingerprint density at radius 1 is 1.12 bits per heavy atom. The number of esters is 1. The number of thioether (sulfide) groups is 1. The Labute approximate surface area is 198 Å². The highest BCUT2D eigenvalue weighted by Gasteiger charge is 2.30. The summed E-state index contributed by atoms with van der Waals surface area (Å²) in [6.07, 6.45) is 1.67. The van der Waals surface area contributed by atoms with Crippen LogP contribution < -0.4 is 0 Å². The normalized spacial score (nSPS) is 16.2. The number of amides is 1. The summed E-state index contributed by atoms with van der Waals surface area (Å²) in [4.78, 5) is 30.7. The van der Waals surface area contributed by atoms with Crippen LogP contribution in [-0.2, 0) is 9.53 Å². The highest BCUT2D eigenvalue weighted by Crippen LogP contribution is 2.35. The molecule has 1 amide bonds. The number of furan rings is 1. The van der Waals surface area contributed by atoms with Gasteiger partial charge >= 0.3 is 5.97 Å². The number of ether oxygens (including phenoxy) is 1. The minimum absolute atomic E-state index is 0.192. The van der Waals surface area contributed by atoms with E-state index in [1.165, 1.54) is 23.8 Å². The summed E-state index contributed by atoms with van der Waals surface area (Å²) in [5, 5.41) is 1.53. The van der Waals surface area contributed by atoms with Crippen molar-refractivity contribution in [2.24, 2.45) is 4.99 Å². The van der Waals surface area contributed by atoms with E-state index in [1.54, 1.807) is 67.7 Å². The summed E-state index contributed by atoms with van der Waals surface area (Å²) >= 11 is 13.4. The van der Waals surface area contributed by atoms with E-state index in [-0.39, 0.29) is 5.91 Å². The lowest BCUT2D eigenvalue weighted by Crippen LogP contribution is -2.23. The molecule has 1 saturated heterocycles. The molecule has 2 aromatic carbocycles. The minimum Gasteiger partial charge on any atom is -0.465 e. The Balaban J connectivity index is 1.56. The van der Waals surface area contributed by atoms with Crippen molar-refractivity contribution in [3.63, 3.8) is 0 Å². The van der Waals surface area contributed by atoms with Crippen LogP contribution in [-0.4, -0.2) is 36.1 Å². The molecule has 0 spiro atoms. The van der Waals surface area contributed by atoms with Crippen molar-refractivity contribution in [3.8, 4) is 11.3 Å². The molecule has 0 bridgehead atoms. The van der Waals surface area contributed by atoms with Crippen LogP contribution in [0.25, 0.3) is 17.4 Å². The maximum atomic E-state index is 12.7. The van der Waals surface area contributed by atoms with Crippen molar-refractivity contribution in [3.05, 3.63) is 80.9 Å². The molecule has 0 N–H and O–H groups in total. The molecule has 1 aliphatic heterocycles. The molecule has 2 heterocycles. The van der Waals surface area contributed by atoms with Crippen molar-refractivity contribution in [2.45, 2.75) is 0 Å². The topological polar surface area (TPSA) is 72.1 Å². The molecule has 1 fully saturated rings. The smallest absolute Gasteiger partial charge is 0.337 e. The quantitative estimate of drug-likeness (QED) is 0.320. The van der Waals surface area contributed by atoms with Crippen molar-refractivity contribution < 1.29 is 18.7 Å². The van der Waals surface area contributed by atoms with Crippen molar-refractivity contribution in [1.29, 1.82) is 0 Å². The summed E-state index contributed by atoms with van der Waals surface area (Å²) in [6.45, 7) is 0. The predicted molar refractivity (Wildman–Crippen MR) is 127 cm³/mol. The van der Waals surface area contributed by atoms with Gasteiger partial charge in [-0.3, -0.25) is 9.69 Å². The summed E-state index contributed by atoms with van der Waals surface area (Å²) in [6, 6.07) is 15.3. The molecule has 0 unspecified atom stereocenters. The first-order chi connectivity index (χ1) is 15.4. The molecular formula is C23H16Cl2N2O4S. The van der Waals surface area contributed by atoms with Crippen LogP contribution in [0.5, 0.6) is 0 Å². The lowest BCUT2D eigenvalue weighted by molar-refractivity contribution is -0.121. The first kappa shape index (κ1) is 22.2. The van der Waals surface area contributed by atoms with Crippen molar-refractivity contribution in [2.75, 3.05) is 14.2 Å². The number of benzene rings is 2. The lowest BCUT2D eigenvalue weighted by atomic mass is 10.2. The standard InChI is InChI=1S/C23H16Cl2N2O4S/c1-27-21(28)20(32-23(27)26-15-6-3-13(4-7-15)22(29)30-2)12-16-8-10-19(31-16)17-9-5-14(24)11-18(17)25/h3-12H,1-2H3/b20-12+,26-23?. The van der Waals surface area contributed by atoms with Crippen LogP contribution in [0.1, 0.15) is 16.1 Å². The van der Waals surface area contributed by atoms with E-state index in [2.05, 4.69) is 4.99 Å². The second-order valence-corrected chi connectivity index (χ2v) is 8.59. The number of aliphatic imine (C=N–C) groups is 1. The number of likely N-dealkylation sites (N-methyl/N-ethyl adjacent to an activating group) is 1. The third kappa shape index (κ3) is 4.60. The van der Waals surface area contributed by atoms with E-state index < -0.39 is 5.97 Å². The van der Waals surface area contributed by atoms with Gasteiger partial charge in [-0.2, -0.15) is 0 Å². The number of carbonyl (C=O) groups is 2. The molecule has 162 valence electrons. The van der Waals surface area contributed by atoms with Crippen molar-refractivity contribution in [1.82, 2.24) is 4.90 Å². The highest BCUT2D eigenvalue weighted by atomic mass is 35.5. The first-order valence-electron chi connectivity index (χ1n) is 9.35. The Hall–Kier alpha value is -3.00. The third-order valence-electron chi connectivity index (χ3n) is 4.61. The minimum atomic E-state index is -0.422. The fourth-order valence-corrected chi connectivity index (χ4v) is 4.41. The Kier molecular flexibility index (Phi) is 6.41. The van der Waals surface area contributed by atoms with Crippen molar-refractivity contribution >= 4 is 63.8 Å². The van der Waals surface area contributed by atoms with Crippen LogP contribution in [0, 0.1) is 0 Å². The van der Waals surface area contributed by atoms with Crippen LogP contribution in [0.4, 0.5) is 5.69 Å². The lowest BCUT2D eigenvalue weighted by Gasteiger charge is -2.07. The molecule has 0 saturated carbocycles. The maximum absolute atomic E-state index is 12.7. The summed E-state index contributed by atoms with van der Waals surface area (Å²) in [7, 11) is 2.98. The molecule has 0 radical (unpaired) electrons. The second kappa shape index (κ2) is 9.24. The predicted octanol–water partition coefficient (Wildman–Crippen LogP) is 6.27. The molecule has 0 aliphatic carbocycles. The van der Waals surface area contributed by atoms with E-state index in [0.29, 0.717) is 48.5 Å². The average molecular weight is 487 g/mol. The van der Waals surface area contributed by atoms with Gasteiger partial charge in [0.15, 0.2) is 5.17 Å².